The molecule has 6 heteroatoms. The molecule has 2 unspecified atom stereocenters. The standard InChI is InChI=1S/C18H20N6/c1-11-7-8-13(12(2)9-11)10-19-23-18-21-17-16(22-24-18)14-5-3-4-6-15(14)20-17/h3-7,10,12-13H,8-9H2,1-2H3,(H2,20,21,23,24)/b19-10+. The van der Waals surface area contributed by atoms with Crippen molar-refractivity contribution >= 4 is 34.2 Å². The molecule has 1 aliphatic carbocycles. The second kappa shape index (κ2) is 6.03. The van der Waals surface area contributed by atoms with Gasteiger partial charge < -0.3 is 4.98 Å². The molecule has 6 nitrogen and oxygen atoms in total. The largest absolute Gasteiger partial charge is 0.338 e. The monoisotopic (exact) mass is 320 g/mol. The number of aromatic amines is 1. The van der Waals surface area contributed by atoms with Crippen molar-refractivity contribution in [1.82, 2.24) is 20.2 Å². The van der Waals surface area contributed by atoms with Crippen LogP contribution in [0.3, 0.4) is 0 Å². The van der Waals surface area contributed by atoms with Gasteiger partial charge in [-0.1, -0.05) is 36.8 Å². The Morgan fingerprint density at radius 3 is 3.04 bits per heavy atom. The Hall–Kier alpha value is -2.76. The van der Waals surface area contributed by atoms with Gasteiger partial charge in [-0.05, 0) is 31.7 Å². The molecular weight excluding hydrogens is 300 g/mol. The lowest BCUT2D eigenvalue weighted by molar-refractivity contribution is 0.438. The van der Waals surface area contributed by atoms with E-state index >= 15 is 0 Å². The molecule has 2 aromatic heterocycles. The summed E-state index contributed by atoms with van der Waals surface area (Å²) < 4.78 is 0. The zero-order valence-corrected chi connectivity index (χ0v) is 13.8. The first-order valence-electron chi connectivity index (χ1n) is 8.26. The van der Waals surface area contributed by atoms with Gasteiger partial charge in [-0.15, -0.1) is 10.2 Å². The van der Waals surface area contributed by atoms with Gasteiger partial charge in [-0.3, -0.25) is 0 Å². The van der Waals surface area contributed by atoms with Crippen LogP contribution in [0.1, 0.15) is 26.7 Å². The van der Waals surface area contributed by atoms with Crippen LogP contribution in [0.4, 0.5) is 5.95 Å². The topological polar surface area (TPSA) is 78.8 Å². The number of nitrogens with one attached hydrogen (secondary N) is 2. The third-order valence-corrected chi connectivity index (χ3v) is 4.67. The second-order valence-electron chi connectivity index (χ2n) is 6.52. The highest BCUT2D eigenvalue weighted by Crippen LogP contribution is 2.27. The first-order chi connectivity index (χ1) is 11.7. The second-order valence-corrected chi connectivity index (χ2v) is 6.52. The number of rotatable bonds is 3. The van der Waals surface area contributed by atoms with E-state index in [0.29, 0.717) is 23.4 Å². The van der Waals surface area contributed by atoms with Crippen LogP contribution in [-0.2, 0) is 0 Å². The maximum atomic E-state index is 4.46. The van der Waals surface area contributed by atoms with Crippen molar-refractivity contribution in [2.24, 2.45) is 16.9 Å². The molecule has 2 N–H and O–H groups in total. The highest BCUT2D eigenvalue weighted by molar-refractivity contribution is 6.03. The summed E-state index contributed by atoms with van der Waals surface area (Å²) in [7, 11) is 0. The fraction of sp³-hybridized carbons (Fsp3) is 0.333. The van der Waals surface area contributed by atoms with E-state index in [2.05, 4.69) is 50.6 Å². The number of anilines is 1. The molecule has 0 radical (unpaired) electrons. The van der Waals surface area contributed by atoms with Gasteiger partial charge >= 0.3 is 0 Å². The van der Waals surface area contributed by atoms with Crippen molar-refractivity contribution in [3.05, 3.63) is 35.9 Å². The van der Waals surface area contributed by atoms with E-state index in [4.69, 9.17) is 0 Å². The molecule has 2 atom stereocenters. The quantitative estimate of drug-likeness (QED) is 0.436. The molecule has 1 aromatic carbocycles. The van der Waals surface area contributed by atoms with Crippen molar-refractivity contribution in [2.75, 3.05) is 5.43 Å². The fourth-order valence-electron chi connectivity index (χ4n) is 3.28. The summed E-state index contributed by atoms with van der Waals surface area (Å²) in [5.41, 5.74) is 6.88. The Morgan fingerprint density at radius 2 is 2.17 bits per heavy atom. The predicted octanol–water partition coefficient (Wildman–Crippen LogP) is 3.90. The molecule has 0 saturated carbocycles. The van der Waals surface area contributed by atoms with E-state index in [1.165, 1.54) is 5.57 Å². The number of hydrazone groups is 1. The van der Waals surface area contributed by atoms with E-state index in [9.17, 15) is 0 Å². The summed E-state index contributed by atoms with van der Waals surface area (Å²) >= 11 is 0. The SMILES string of the molecule is CC1=CCC(/C=N/Nc2nnc3c(n2)[nH]c2ccccc23)C(C)C1. The minimum absolute atomic E-state index is 0.403. The third-order valence-electron chi connectivity index (χ3n) is 4.67. The fourth-order valence-corrected chi connectivity index (χ4v) is 3.28. The van der Waals surface area contributed by atoms with Gasteiger partial charge in [0.15, 0.2) is 5.65 Å². The molecule has 0 saturated heterocycles. The summed E-state index contributed by atoms with van der Waals surface area (Å²) in [6.07, 6.45) is 6.44. The maximum absolute atomic E-state index is 4.46. The third kappa shape index (κ3) is 2.75. The van der Waals surface area contributed by atoms with Gasteiger partial charge in [0.2, 0.25) is 0 Å². The van der Waals surface area contributed by atoms with Crippen molar-refractivity contribution < 1.29 is 0 Å². The van der Waals surface area contributed by atoms with Crippen molar-refractivity contribution in [3.63, 3.8) is 0 Å². The number of H-pyrrole nitrogens is 1. The van der Waals surface area contributed by atoms with Crippen LogP contribution in [0, 0.1) is 11.8 Å². The van der Waals surface area contributed by atoms with Crippen LogP contribution >= 0.6 is 0 Å². The molecule has 1 aliphatic rings. The Labute approximate surface area is 140 Å². The minimum Gasteiger partial charge on any atom is -0.338 e. The normalized spacial score (nSPS) is 21.5. The molecule has 0 aliphatic heterocycles. The number of aromatic nitrogens is 4. The Morgan fingerprint density at radius 1 is 1.29 bits per heavy atom. The smallest absolute Gasteiger partial charge is 0.265 e. The summed E-state index contributed by atoms with van der Waals surface area (Å²) in [4.78, 5) is 7.72. The minimum atomic E-state index is 0.403. The van der Waals surface area contributed by atoms with Crippen molar-refractivity contribution in [1.29, 1.82) is 0 Å². The Bertz CT molecular complexity index is 939. The van der Waals surface area contributed by atoms with Gasteiger partial charge in [0.25, 0.3) is 5.95 Å². The van der Waals surface area contributed by atoms with Gasteiger partial charge in [-0.25, -0.2) is 5.43 Å². The molecular formula is C18H20N6. The van der Waals surface area contributed by atoms with E-state index in [0.717, 1.165) is 29.3 Å². The zero-order chi connectivity index (χ0) is 16.5. The van der Waals surface area contributed by atoms with E-state index in [1.807, 2.05) is 30.5 Å². The van der Waals surface area contributed by atoms with Gasteiger partial charge in [0.1, 0.15) is 5.52 Å². The van der Waals surface area contributed by atoms with Crippen LogP contribution in [0.25, 0.3) is 22.1 Å². The molecule has 24 heavy (non-hydrogen) atoms. The van der Waals surface area contributed by atoms with Crippen molar-refractivity contribution in [2.45, 2.75) is 26.7 Å². The maximum Gasteiger partial charge on any atom is 0.265 e. The van der Waals surface area contributed by atoms with Crippen LogP contribution in [0.5, 0.6) is 0 Å². The lowest BCUT2D eigenvalue weighted by Gasteiger charge is -2.24. The lowest BCUT2D eigenvalue weighted by atomic mass is 9.82. The number of fused-ring (bicyclic) bond motifs is 3. The van der Waals surface area contributed by atoms with Crippen LogP contribution in [0.15, 0.2) is 41.0 Å². The van der Waals surface area contributed by atoms with Crippen LogP contribution in [-0.4, -0.2) is 26.4 Å². The average Bonchev–Trinajstić information content (AvgIpc) is 2.94. The molecule has 0 fully saturated rings. The van der Waals surface area contributed by atoms with Gasteiger partial charge in [-0.2, -0.15) is 10.1 Å². The number of para-hydroxylation sites is 1. The molecule has 0 bridgehead atoms. The van der Waals surface area contributed by atoms with Gasteiger partial charge in [0, 0.05) is 23.0 Å². The zero-order valence-electron chi connectivity index (χ0n) is 13.8. The Balaban J connectivity index is 1.52. The number of hydrogen-bond acceptors (Lipinski definition) is 5. The van der Waals surface area contributed by atoms with E-state index < -0.39 is 0 Å². The van der Waals surface area contributed by atoms with Crippen molar-refractivity contribution in [3.8, 4) is 0 Å². The van der Waals surface area contributed by atoms with E-state index in [-0.39, 0.29) is 0 Å². The van der Waals surface area contributed by atoms with E-state index in [1.54, 1.807) is 0 Å². The van der Waals surface area contributed by atoms with Gasteiger partial charge in [0.05, 0.1) is 0 Å². The van der Waals surface area contributed by atoms with Crippen LogP contribution in [0.2, 0.25) is 0 Å². The first kappa shape index (κ1) is 14.8. The number of nitrogens with zero attached hydrogens (tertiary/aromatic N) is 4. The average molecular weight is 320 g/mol. The summed E-state index contributed by atoms with van der Waals surface area (Å²) in [6.45, 7) is 4.46. The number of allylic oxidation sites excluding steroid dienone is 2. The molecule has 122 valence electrons. The highest BCUT2D eigenvalue weighted by Gasteiger charge is 2.18. The molecule has 4 rings (SSSR count). The summed E-state index contributed by atoms with van der Waals surface area (Å²) in [5, 5.41) is 13.7. The summed E-state index contributed by atoms with van der Waals surface area (Å²) in [6, 6.07) is 7.98. The molecule has 2 heterocycles. The molecule has 0 amide bonds. The Kier molecular flexibility index (Phi) is 3.72. The number of benzene rings is 1. The van der Waals surface area contributed by atoms with Crippen LogP contribution < -0.4 is 5.43 Å². The summed E-state index contributed by atoms with van der Waals surface area (Å²) in [5.74, 6) is 1.46. The highest BCUT2D eigenvalue weighted by atomic mass is 15.4. The number of hydrogen-bond donors (Lipinski definition) is 2. The molecule has 0 spiro atoms. The molecule has 3 aromatic rings. The predicted molar refractivity (Wildman–Crippen MR) is 96.9 cm³/mol. The first-order valence-corrected chi connectivity index (χ1v) is 8.26. The lowest BCUT2D eigenvalue weighted by Crippen LogP contribution is -2.17.